The second-order valence-corrected chi connectivity index (χ2v) is 7.45. The van der Waals surface area contributed by atoms with Gasteiger partial charge >= 0.3 is 0 Å². The van der Waals surface area contributed by atoms with Crippen LogP contribution in [0, 0.1) is 0 Å². The molecule has 3 N–H and O–H groups in total. The quantitative estimate of drug-likeness (QED) is 0.786. The highest BCUT2D eigenvalue weighted by Crippen LogP contribution is 2.30. The average molecular weight is 335 g/mol. The summed E-state index contributed by atoms with van der Waals surface area (Å²) in [5, 5.41) is 3.89. The predicted octanol–water partition coefficient (Wildman–Crippen LogP) is 0.733. The Kier molecular flexibility index (Phi) is 4.27. The summed E-state index contributed by atoms with van der Waals surface area (Å²) < 4.78 is 28.5. The smallest absolute Gasteiger partial charge is 0.243 e. The topological polar surface area (TPSA) is 93.2 Å². The van der Waals surface area contributed by atoms with Crippen LogP contribution in [0.3, 0.4) is 0 Å². The summed E-state index contributed by atoms with van der Waals surface area (Å²) in [5.41, 5.74) is 9.11. The van der Waals surface area contributed by atoms with Gasteiger partial charge in [-0.3, -0.25) is 4.68 Å². The van der Waals surface area contributed by atoms with Crippen LogP contribution in [-0.2, 0) is 23.5 Å². The monoisotopic (exact) mass is 335 g/mol. The summed E-state index contributed by atoms with van der Waals surface area (Å²) in [6.45, 7) is 1.85. The van der Waals surface area contributed by atoms with Gasteiger partial charge in [0.05, 0.1) is 6.20 Å². The van der Waals surface area contributed by atoms with Crippen LogP contribution in [0.5, 0.6) is 0 Å². The fourth-order valence-corrected chi connectivity index (χ4v) is 3.90. The van der Waals surface area contributed by atoms with E-state index in [4.69, 9.17) is 5.73 Å². The van der Waals surface area contributed by atoms with Crippen molar-refractivity contribution in [2.45, 2.75) is 17.7 Å². The number of sulfonamides is 1. The molecule has 1 aliphatic heterocycles. The van der Waals surface area contributed by atoms with Gasteiger partial charge in [-0.15, -0.1) is 0 Å². The maximum atomic E-state index is 12.2. The summed E-state index contributed by atoms with van der Waals surface area (Å²) in [4.78, 5) is 2.37. The molecule has 0 amide bonds. The molecule has 3 rings (SSSR count). The van der Waals surface area contributed by atoms with Crippen LogP contribution in [0.2, 0.25) is 0 Å². The third kappa shape index (κ3) is 3.32. The number of fused-ring (bicyclic) bond motifs is 1. The molecule has 0 saturated heterocycles. The molecular weight excluding hydrogens is 314 g/mol. The van der Waals surface area contributed by atoms with Crippen molar-refractivity contribution < 1.29 is 8.42 Å². The molecule has 1 aromatic carbocycles. The fourth-order valence-electron chi connectivity index (χ4n) is 2.90. The Bertz CT molecular complexity index is 800. The Morgan fingerprint density at radius 3 is 2.96 bits per heavy atom. The van der Waals surface area contributed by atoms with E-state index in [1.165, 1.54) is 17.1 Å². The zero-order chi connectivity index (χ0) is 16.4. The zero-order valence-corrected chi connectivity index (χ0v) is 13.9. The molecule has 0 atom stereocenters. The largest absolute Gasteiger partial charge is 0.398 e. The molecule has 0 bridgehead atoms. The molecule has 0 unspecified atom stereocenters. The molecule has 7 nitrogen and oxygen atoms in total. The van der Waals surface area contributed by atoms with E-state index in [0.29, 0.717) is 13.1 Å². The van der Waals surface area contributed by atoms with E-state index in [1.54, 1.807) is 7.05 Å². The second kappa shape index (κ2) is 6.21. The maximum Gasteiger partial charge on any atom is 0.243 e. The van der Waals surface area contributed by atoms with E-state index in [9.17, 15) is 8.42 Å². The first-order valence-corrected chi connectivity index (χ1v) is 9.06. The third-order valence-electron chi connectivity index (χ3n) is 4.05. The summed E-state index contributed by atoms with van der Waals surface area (Å²) in [7, 11) is -1.82. The minimum absolute atomic E-state index is 0.184. The summed E-state index contributed by atoms with van der Waals surface area (Å²) in [6.07, 6.45) is 4.83. The number of aryl methyl sites for hydroxylation is 1. The highest BCUT2D eigenvalue weighted by molar-refractivity contribution is 7.89. The molecule has 2 aromatic rings. The number of nitrogens with one attached hydrogen (secondary N) is 1. The van der Waals surface area contributed by atoms with Crippen LogP contribution in [0.15, 0.2) is 35.5 Å². The molecule has 0 saturated carbocycles. The van der Waals surface area contributed by atoms with Gasteiger partial charge in [-0.25, -0.2) is 13.1 Å². The standard InChI is InChI=1S/C15H21N5O2S/c1-19-11-12(10-17-19)23(21,22)18-7-9-20-8-3-4-13-14(16)5-2-6-15(13)20/h2,5-6,10-11,18H,3-4,7-9,16H2,1H3. The number of aromatic nitrogens is 2. The lowest BCUT2D eigenvalue weighted by atomic mass is 10.00. The normalized spacial score (nSPS) is 14.7. The van der Waals surface area contributed by atoms with Crippen molar-refractivity contribution in [2.75, 3.05) is 30.3 Å². The molecule has 1 aliphatic rings. The Morgan fingerprint density at radius 1 is 1.39 bits per heavy atom. The van der Waals surface area contributed by atoms with E-state index in [-0.39, 0.29) is 4.90 Å². The molecule has 23 heavy (non-hydrogen) atoms. The minimum Gasteiger partial charge on any atom is -0.398 e. The summed E-state index contributed by atoms with van der Waals surface area (Å²) >= 11 is 0. The number of anilines is 2. The Hall–Kier alpha value is -2.06. The van der Waals surface area contributed by atoms with Gasteiger partial charge in [0.15, 0.2) is 0 Å². The van der Waals surface area contributed by atoms with Crippen molar-refractivity contribution in [3.63, 3.8) is 0 Å². The van der Waals surface area contributed by atoms with Crippen LogP contribution >= 0.6 is 0 Å². The first-order valence-electron chi connectivity index (χ1n) is 7.58. The van der Waals surface area contributed by atoms with Crippen molar-refractivity contribution in [3.05, 3.63) is 36.2 Å². The van der Waals surface area contributed by atoms with Gasteiger partial charge in [-0.05, 0) is 30.5 Å². The molecule has 0 fully saturated rings. The number of rotatable bonds is 5. The lowest BCUT2D eigenvalue weighted by Crippen LogP contribution is -2.37. The second-order valence-electron chi connectivity index (χ2n) is 5.68. The zero-order valence-electron chi connectivity index (χ0n) is 13.1. The van der Waals surface area contributed by atoms with E-state index >= 15 is 0 Å². The van der Waals surface area contributed by atoms with E-state index < -0.39 is 10.0 Å². The van der Waals surface area contributed by atoms with Gasteiger partial charge in [0.25, 0.3) is 0 Å². The summed E-state index contributed by atoms with van der Waals surface area (Å²) in [5.74, 6) is 0. The van der Waals surface area contributed by atoms with Crippen LogP contribution < -0.4 is 15.4 Å². The highest BCUT2D eigenvalue weighted by atomic mass is 32.2. The summed E-state index contributed by atoms with van der Waals surface area (Å²) in [6, 6.07) is 5.89. The first kappa shape index (κ1) is 15.8. The van der Waals surface area contributed by atoms with Crippen molar-refractivity contribution in [1.82, 2.24) is 14.5 Å². The minimum atomic E-state index is -3.51. The number of hydrogen-bond donors (Lipinski definition) is 2. The van der Waals surface area contributed by atoms with E-state index in [0.717, 1.165) is 36.3 Å². The van der Waals surface area contributed by atoms with E-state index in [2.05, 4.69) is 14.7 Å². The lowest BCUT2D eigenvalue weighted by molar-refractivity contribution is 0.579. The predicted molar refractivity (Wildman–Crippen MR) is 89.8 cm³/mol. The molecule has 2 heterocycles. The highest BCUT2D eigenvalue weighted by Gasteiger charge is 2.20. The maximum absolute atomic E-state index is 12.2. The van der Waals surface area contributed by atoms with Crippen molar-refractivity contribution in [3.8, 4) is 0 Å². The van der Waals surface area contributed by atoms with Gasteiger partial charge < -0.3 is 10.6 Å². The number of hydrogen-bond acceptors (Lipinski definition) is 5. The molecule has 0 spiro atoms. The first-order chi connectivity index (χ1) is 11.0. The number of nitrogen functional groups attached to an aromatic ring is 1. The van der Waals surface area contributed by atoms with Gasteiger partial charge in [-0.1, -0.05) is 6.07 Å². The van der Waals surface area contributed by atoms with Gasteiger partial charge in [0, 0.05) is 44.3 Å². The number of benzene rings is 1. The fraction of sp³-hybridized carbons (Fsp3) is 0.400. The van der Waals surface area contributed by atoms with E-state index in [1.807, 2.05) is 18.2 Å². The molecule has 0 aliphatic carbocycles. The van der Waals surface area contributed by atoms with Gasteiger partial charge in [-0.2, -0.15) is 5.10 Å². The lowest BCUT2D eigenvalue weighted by Gasteiger charge is -2.32. The molecular formula is C15H21N5O2S. The third-order valence-corrected chi connectivity index (χ3v) is 5.46. The Balaban J connectivity index is 1.65. The average Bonchev–Trinajstić information content (AvgIpc) is 2.96. The van der Waals surface area contributed by atoms with Crippen LogP contribution in [-0.4, -0.2) is 37.8 Å². The number of nitrogens with two attached hydrogens (primary N) is 1. The van der Waals surface area contributed by atoms with Gasteiger partial charge in [0.1, 0.15) is 4.90 Å². The molecule has 0 radical (unpaired) electrons. The molecule has 124 valence electrons. The van der Waals surface area contributed by atoms with Crippen molar-refractivity contribution >= 4 is 21.4 Å². The van der Waals surface area contributed by atoms with Crippen molar-refractivity contribution in [2.24, 2.45) is 7.05 Å². The SMILES string of the molecule is Cn1cc(S(=O)(=O)NCCN2CCCc3c(N)cccc32)cn1. The van der Waals surface area contributed by atoms with Crippen molar-refractivity contribution in [1.29, 1.82) is 0 Å². The Morgan fingerprint density at radius 2 is 2.22 bits per heavy atom. The molecule has 8 heteroatoms. The molecule has 1 aromatic heterocycles. The van der Waals surface area contributed by atoms with Gasteiger partial charge in [0.2, 0.25) is 10.0 Å². The number of nitrogens with zero attached hydrogens (tertiary/aromatic N) is 3. The van der Waals surface area contributed by atoms with Crippen LogP contribution in [0.25, 0.3) is 0 Å². The Labute approximate surface area is 136 Å². The van der Waals surface area contributed by atoms with Crippen LogP contribution in [0.1, 0.15) is 12.0 Å². The van der Waals surface area contributed by atoms with Crippen LogP contribution in [0.4, 0.5) is 11.4 Å².